The van der Waals surface area contributed by atoms with E-state index in [-0.39, 0.29) is 16.0 Å². The van der Waals surface area contributed by atoms with Crippen molar-refractivity contribution in [3.05, 3.63) is 62.5 Å². The molecule has 4 saturated carbocycles. The average Bonchev–Trinajstić information content (AvgIpc) is 3.13. The molecule has 1 atom stereocenters. The minimum absolute atomic E-state index is 0.00715. The molecule has 1 aromatic carbocycles. The van der Waals surface area contributed by atoms with E-state index in [4.69, 9.17) is 9.84 Å². The third-order valence-electron chi connectivity index (χ3n) is 8.73. The molecular formula is C26H30N4O4. The van der Waals surface area contributed by atoms with Gasteiger partial charge in [0, 0.05) is 41.8 Å². The molecule has 1 aromatic heterocycles. The van der Waals surface area contributed by atoms with Crippen LogP contribution in [0.15, 0.2) is 35.5 Å². The highest BCUT2D eigenvalue weighted by Crippen LogP contribution is 2.62. The number of aromatic nitrogens is 2. The number of esters is 1. The zero-order valence-electron chi connectivity index (χ0n) is 19.8. The first kappa shape index (κ1) is 21.4. The Morgan fingerprint density at radius 3 is 2.44 bits per heavy atom. The standard InChI is InChI=1S/C26H30N4O4/c1-14-20(25(31)34-3)21(18-5-4-6-19(10-18)30(32)33)22-23(28-29(2)24(22)27-14)26-11-15-7-16(12-26)9-17(8-15)13-26/h4-6,10,15-17,21,27H,7-9,11-13H2,1-3H3. The van der Waals surface area contributed by atoms with Crippen LogP contribution >= 0.6 is 0 Å². The van der Waals surface area contributed by atoms with Crippen molar-refractivity contribution in [2.24, 2.45) is 24.8 Å². The maximum atomic E-state index is 13.1. The summed E-state index contributed by atoms with van der Waals surface area (Å²) in [5.41, 5.74) is 3.98. The Kier molecular flexibility index (Phi) is 4.66. The molecule has 0 amide bonds. The van der Waals surface area contributed by atoms with Gasteiger partial charge in [0.25, 0.3) is 5.69 Å². The van der Waals surface area contributed by atoms with Gasteiger partial charge in [-0.2, -0.15) is 5.10 Å². The number of nitrogens with zero attached hydrogens (tertiary/aromatic N) is 3. The zero-order valence-corrected chi connectivity index (χ0v) is 19.8. The normalized spacial score (nSPS) is 31.3. The van der Waals surface area contributed by atoms with Crippen LogP contribution in [0.4, 0.5) is 11.5 Å². The summed E-state index contributed by atoms with van der Waals surface area (Å²) in [5, 5.41) is 20.1. The second kappa shape index (κ2) is 7.42. The SMILES string of the molecule is COC(=O)C1=C(C)Nc2c(c(C34CC5CC(CC(C5)C3)C4)nn2C)C1c1cccc([N+](=O)[O-])c1. The van der Waals surface area contributed by atoms with Gasteiger partial charge in [0.15, 0.2) is 0 Å². The Bertz CT molecular complexity index is 1210. The highest BCUT2D eigenvalue weighted by molar-refractivity contribution is 5.94. The lowest BCUT2D eigenvalue weighted by Crippen LogP contribution is -2.49. The Balaban J connectivity index is 1.58. The number of anilines is 1. The second-order valence-corrected chi connectivity index (χ2v) is 10.9. The maximum absolute atomic E-state index is 13.1. The number of nitrogens with one attached hydrogen (secondary N) is 1. The summed E-state index contributed by atoms with van der Waals surface area (Å²) in [7, 11) is 3.32. The fraction of sp³-hybridized carbons (Fsp3) is 0.538. The molecule has 8 heteroatoms. The van der Waals surface area contributed by atoms with E-state index in [1.807, 2.05) is 24.7 Å². The van der Waals surface area contributed by atoms with Crippen LogP contribution < -0.4 is 5.32 Å². The third-order valence-corrected chi connectivity index (χ3v) is 8.73. The molecule has 8 nitrogen and oxygen atoms in total. The number of nitro benzene ring substituents is 1. The van der Waals surface area contributed by atoms with E-state index < -0.39 is 11.9 Å². The van der Waals surface area contributed by atoms with Crippen molar-refractivity contribution in [2.75, 3.05) is 12.4 Å². The number of methoxy groups -OCH3 is 1. The maximum Gasteiger partial charge on any atom is 0.336 e. The molecule has 34 heavy (non-hydrogen) atoms. The van der Waals surface area contributed by atoms with Crippen molar-refractivity contribution in [3.63, 3.8) is 0 Å². The van der Waals surface area contributed by atoms with Gasteiger partial charge in [0.2, 0.25) is 0 Å². The molecule has 2 aromatic rings. The van der Waals surface area contributed by atoms with E-state index in [1.54, 1.807) is 12.1 Å². The summed E-state index contributed by atoms with van der Waals surface area (Å²) in [6, 6.07) is 6.65. The Labute approximate surface area is 198 Å². The zero-order chi connectivity index (χ0) is 23.8. The largest absolute Gasteiger partial charge is 0.466 e. The molecule has 4 aliphatic carbocycles. The van der Waals surface area contributed by atoms with Crippen LogP contribution in [0.2, 0.25) is 0 Å². The summed E-state index contributed by atoms with van der Waals surface area (Å²) in [5.74, 6) is 2.21. The molecular weight excluding hydrogens is 432 g/mol. The van der Waals surface area contributed by atoms with Gasteiger partial charge < -0.3 is 10.1 Å². The molecule has 7 rings (SSSR count). The topological polar surface area (TPSA) is 99.3 Å². The van der Waals surface area contributed by atoms with E-state index in [0.717, 1.165) is 59.7 Å². The first-order valence-electron chi connectivity index (χ1n) is 12.2. The van der Waals surface area contributed by atoms with Crippen LogP contribution in [0, 0.1) is 27.9 Å². The smallest absolute Gasteiger partial charge is 0.336 e. The lowest BCUT2D eigenvalue weighted by molar-refractivity contribution is -0.384. The third kappa shape index (κ3) is 3.03. The van der Waals surface area contributed by atoms with E-state index >= 15 is 0 Å². The van der Waals surface area contributed by atoms with E-state index in [2.05, 4.69) is 5.32 Å². The Hall–Kier alpha value is -3.16. The van der Waals surface area contributed by atoms with Gasteiger partial charge in [-0.3, -0.25) is 14.8 Å². The number of hydrogen-bond donors (Lipinski definition) is 1. The van der Waals surface area contributed by atoms with Gasteiger partial charge in [-0.1, -0.05) is 12.1 Å². The number of non-ortho nitro benzene ring substituents is 1. The monoisotopic (exact) mass is 462 g/mol. The van der Waals surface area contributed by atoms with Crippen molar-refractivity contribution in [2.45, 2.75) is 56.8 Å². The first-order chi connectivity index (χ1) is 16.3. The number of carbonyl (C=O) groups excluding carboxylic acids is 1. The lowest BCUT2D eigenvalue weighted by atomic mass is 9.48. The van der Waals surface area contributed by atoms with Crippen LogP contribution in [-0.2, 0) is 22.0 Å². The molecule has 178 valence electrons. The van der Waals surface area contributed by atoms with Gasteiger partial charge in [0.1, 0.15) is 5.82 Å². The van der Waals surface area contributed by atoms with Crippen molar-refractivity contribution in [1.82, 2.24) is 9.78 Å². The van der Waals surface area contributed by atoms with E-state index in [0.29, 0.717) is 11.3 Å². The fourth-order valence-corrected chi connectivity index (χ4v) is 7.89. The molecule has 1 aliphatic heterocycles. The molecule has 0 spiro atoms. The molecule has 1 N–H and O–H groups in total. The van der Waals surface area contributed by atoms with Gasteiger partial charge in [-0.05, 0) is 68.8 Å². The van der Waals surface area contributed by atoms with Crippen LogP contribution in [0.3, 0.4) is 0 Å². The molecule has 1 unspecified atom stereocenters. The Morgan fingerprint density at radius 2 is 1.85 bits per heavy atom. The summed E-state index contributed by atoms with van der Waals surface area (Å²) >= 11 is 0. The van der Waals surface area contributed by atoms with Crippen molar-refractivity contribution in [1.29, 1.82) is 0 Å². The number of rotatable bonds is 4. The number of carbonyl (C=O) groups is 1. The molecule has 4 fully saturated rings. The van der Waals surface area contributed by atoms with Crippen molar-refractivity contribution in [3.8, 4) is 0 Å². The predicted molar refractivity (Wildman–Crippen MR) is 126 cm³/mol. The summed E-state index contributed by atoms with van der Waals surface area (Å²) in [6.07, 6.45) is 7.40. The molecule has 0 radical (unpaired) electrons. The van der Waals surface area contributed by atoms with Crippen molar-refractivity contribution >= 4 is 17.5 Å². The average molecular weight is 463 g/mol. The van der Waals surface area contributed by atoms with Gasteiger partial charge >= 0.3 is 5.97 Å². The van der Waals surface area contributed by atoms with Crippen molar-refractivity contribution < 1.29 is 14.5 Å². The number of fused-ring (bicyclic) bond motifs is 1. The van der Waals surface area contributed by atoms with Gasteiger partial charge in [0.05, 0.1) is 23.3 Å². The predicted octanol–water partition coefficient (Wildman–Crippen LogP) is 4.80. The highest BCUT2D eigenvalue weighted by Gasteiger charge is 2.55. The number of ether oxygens (including phenoxy) is 1. The second-order valence-electron chi connectivity index (χ2n) is 10.9. The summed E-state index contributed by atoms with van der Waals surface area (Å²) in [4.78, 5) is 24.3. The number of benzene rings is 1. The molecule has 5 aliphatic rings. The quantitative estimate of drug-likeness (QED) is 0.398. The number of hydrogen-bond acceptors (Lipinski definition) is 6. The number of nitro groups is 1. The van der Waals surface area contributed by atoms with Crippen LogP contribution in [0.1, 0.15) is 68.2 Å². The van der Waals surface area contributed by atoms with Crippen LogP contribution in [0.25, 0.3) is 0 Å². The van der Waals surface area contributed by atoms with Crippen LogP contribution in [-0.4, -0.2) is 27.8 Å². The first-order valence-corrected chi connectivity index (χ1v) is 12.2. The number of allylic oxidation sites excluding steroid dienone is 1. The van der Waals surface area contributed by atoms with E-state index in [9.17, 15) is 14.9 Å². The lowest BCUT2D eigenvalue weighted by Gasteiger charge is -2.56. The highest BCUT2D eigenvalue weighted by atomic mass is 16.6. The summed E-state index contributed by atoms with van der Waals surface area (Å²) < 4.78 is 7.10. The number of aryl methyl sites for hydroxylation is 1. The molecule has 2 heterocycles. The molecule has 4 bridgehead atoms. The molecule has 0 saturated heterocycles. The fourth-order valence-electron chi connectivity index (χ4n) is 7.89. The minimum atomic E-state index is -0.472. The Morgan fingerprint density at radius 1 is 1.21 bits per heavy atom. The van der Waals surface area contributed by atoms with E-state index in [1.165, 1.54) is 32.4 Å². The minimum Gasteiger partial charge on any atom is -0.466 e. The van der Waals surface area contributed by atoms with Gasteiger partial charge in [-0.15, -0.1) is 0 Å². The summed E-state index contributed by atoms with van der Waals surface area (Å²) in [6.45, 7) is 1.86. The van der Waals surface area contributed by atoms with Crippen LogP contribution in [0.5, 0.6) is 0 Å². The van der Waals surface area contributed by atoms with Gasteiger partial charge in [-0.25, -0.2) is 4.79 Å².